The number of benzene rings is 3. The Hall–Kier alpha value is -3.73. The summed E-state index contributed by atoms with van der Waals surface area (Å²) in [7, 11) is 3.26. The van der Waals surface area contributed by atoms with Gasteiger partial charge in [-0.15, -0.1) is 0 Å². The highest BCUT2D eigenvalue weighted by Gasteiger charge is 2.36. The van der Waals surface area contributed by atoms with E-state index in [1.54, 1.807) is 14.2 Å². The lowest BCUT2D eigenvalue weighted by atomic mass is 9.75. The third-order valence-electron chi connectivity index (χ3n) is 6.34. The molecule has 1 atom stereocenters. The van der Waals surface area contributed by atoms with Crippen LogP contribution in [0.2, 0.25) is 0 Å². The molecule has 0 aromatic heterocycles. The van der Waals surface area contributed by atoms with Gasteiger partial charge in [-0.2, -0.15) is 0 Å². The number of rotatable bonds is 6. The molecule has 0 saturated carbocycles. The van der Waals surface area contributed by atoms with Crippen molar-refractivity contribution in [1.82, 2.24) is 0 Å². The van der Waals surface area contributed by atoms with Crippen LogP contribution in [-0.4, -0.2) is 20.0 Å². The van der Waals surface area contributed by atoms with Crippen LogP contribution < -0.4 is 19.5 Å². The van der Waals surface area contributed by atoms with Gasteiger partial charge in [-0.1, -0.05) is 42.5 Å². The molecular weight excluding hydrogens is 414 g/mol. The Morgan fingerprint density at radius 1 is 0.909 bits per heavy atom. The van der Waals surface area contributed by atoms with Gasteiger partial charge in [-0.3, -0.25) is 4.79 Å². The number of hydrogen-bond donors (Lipinski definition) is 1. The van der Waals surface area contributed by atoms with Gasteiger partial charge in [0.25, 0.3) is 0 Å². The first-order chi connectivity index (χ1) is 16.2. The summed E-state index contributed by atoms with van der Waals surface area (Å²) in [6, 6.07) is 22.1. The lowest BCUT2D eigenvalue weighted by Gasteiger charge is -2.34. The number of nitrogens with one attached hydrogen (secondary N) is 1. The third kappa shape index (κ3) is 4.07. The SMILES string of the molecule is COc1cc2c(cc1OC)C(c1cccc(OCc3ccccc3)c1)C1=C(CCCC1=O)N2. The van der Waals surface area contributed by atoms with E-state index in [0.717, 1.165) is 52.2 Å². The third-order valence-corrected chi connectivity index (χ3v) is 6.34. The second-order valence-corrected chi connectivity index (χ2v) is 8.37. The quantitative estimate of drug-likeness (QED) is 0.520. The summed E-state index contributed by atoms with van der Waals surface area (Å²) in [5, 5.41) is 3.51. The van der Waals surface area contributed by atoms with Gasteiger partial charge in [0, 0.05) is 35.4 Å². The lowest BCUT2D eigenvalue weighted by molar-refractivity contribution is -0.116. The highest BCUT2D eigenvalue weighted by molar-refractivity contribution is 6.01. The van der Waals surface area contributed by atoms with Crippen LogP contribution in [-0.2, 0) is 11.4 Å². The van der Waals surface area contributed by atoms with Crippen molar-refractivity contribution in [2.24, 2.45) is 0 Å². The molecular formula is C28H27NO4. The molecule has 3 aromatic rings. The molecule has 0 radical (unpaired) electrons. The van der Waals surface area contributed by atoms with Gasteiger partial charge in [-0.05, 0) is 47.7 Å². The fourth-order valence-corrected chi connectivity index (χ4v) is 4.76. The van der Waals surface area contributed by atoms with Gasteiger partial charge >= 0.3 is 0 Å². The van der Waals surface area contributed by atoms with Crippen molar-refractivity contribution in [3.05, 3.63) is 94.7 Å². The number of fused-ring (bicyclic) bond motifs is 1. The molecule has 0 amide bonds. The Balaban J connectivity index is 1.57. The Morgan fingerprint density at radius 2 is 1.70 bits per heavy atom. The lowest BCUT2D eigenvalue weighted by Crippen LogP contribution is -2.27. The minimum atomic E-state index is -0.191. The van der Waals surface area contributed by atoms with E-state index in [0.29, 0.717) is 24.5 Å². The second-order valence-electron chi connectivity index (χ2n) is 8.37. The Labute approximate surface area is 194 Å². The molecule has 0 saturated heterocycles. The molecule has 5 heteroatoms. The number of carbonyl (C=O) groups is 1. The minimum Gasteiger partial charge on any atom is -0.493 e. The molecule has 5 nitrogen and oxygen atoms in total. The van der Waals surface area contributed by atoms with Crippen molar-refractivity contribution in [1.29, 1.82) is 0 Å². The molecule has 1 aliphatic carbocycles. The van der Waals surface area contributed by atoms with Crippen molar-refractivity contribution in [2.75, 3.05) is 19.5 Å². The Morgan fingerprint density at radius 3 is 2.48 bits per heavy atom. The summed E-state index contributed by atoms with van der Waals surface area (Å²) in [6.07, 6.45) is 2.29. The number of methoxy groups -OCH3 is 2. The van der Waals surface area contributed by atoms with Gasteiger partial charge in [0.15, 0.2) is 17.3 Å². The van der Waals surface area contributed by atoms with Crippen molar-refractivity contribution >= 4 is 11.5 Å². The maximum absolute atomic E-state index is 13.1. The molecule has 0 fully saturated rings. The van der Waals surface area contributed by atoms with Crippen molar-refractivity contribution in [3.8, 4) is 17.2 Å². The van der Waals surface area contributed by atoms with Crippen LogP contribution in [0.1, 0.15) is 41.9 Å². The van der Waals surface area contributed by atoms with Crippen molar-refractivity contribution < 1.29 is 19.0 Å². The van der Waals surface area contributed by atoms with Crippen LogP contribution in [0.15, 0.2) is 78.0 Å². The molecule has 1 N–H and O–H groups in total. The molecule has 5 rings (SSSR count). The predicted octanol–water partition coefficient (Wildman–Crippen LogP) is 5.85. The average Bonchev–Trinajstić information content (AvgIpc) is 2.86. The van der Waals surface area contributed by atoms with Crippen molar-refractivity contribution in [3.63, 3.8) is 0 Å². The van der Waals surface area contributed by atoms with E-state index in [1.165, 1.54) is 0 Å². The fourth-order valence-electron chi connectivity index (χ4n) is 4.76. The summed E-state index contributed by atoms with van der Waals surface area (Å²) >= 11 is 0. The summed E-state index contributed by atoms with van der Waals surface area (Å²) in [5.74, 6) is 2.09. The van der Waals surface area contributed by atoms with Gasteiger partial charge in [-0.25, -0.2) is 0 Å². The molecule has 2 aliphatic rings. The van der Waals surface area contributed by atoms with Crippen LogP contribution in [0.25, 0.3) is 0 Å². The maximum atomic E-state index is 13.1. The summed E-state index contributed by atoms with van der Waals surface area (Å²) in [4.78, 5) is 13.1. The number of Topliss-reactive ketones (excluding diaryl/α,β-unsaturated/α-hetero) is 1. The number of hydrogen-bond acceptors (Lipinski definition) is 5. The number of ketones is 1. The van der Waals surface area contributed by atoms with Crippen molar-refractivity contribution in [2.45, 2.75) is 31.8 Å². The smallest absolute Gasteiger partial charge is 0.162 e. The summed E-state index contributed by atoms with van der Waals surface area (Å²) < 4.78 is 17.2. The first-order valence-electron chi connectivity index (χ1n) is 11.2. The topological polar surface area (TPSA) is 56.8 Å². The standard InChI is InChI=1S/C28H27NO4/c1-31-25-15-21-23(16-26(25)32-2)29-22-12-7-13-24(30)28(22)27(21)19-10-6-11-20(14-19)33-17-18-8-4-3-5-9-18/h3-6,8-11,14-16,27,29H,7,12-13,17H2,1-2H3. The Bertz CT molecular complexity index is 1220. The zero-order chi connectivity index (χ0) is 22.8. The fraction of sp³-hybridized carbons (Fsp3) is 0.250. The normalized spacial score (nSPS) is 17.0. The first-order valence-corrected chi connectivity index (χ1v) is 11.2. The summed E-state index contributed by atoms with van der Waals surface area (Å²) in [6.45, 7) is 0.491. The Kier molecular flexibility index (Phi) is 5.78. The van der Waals surface area contributed by atoms with Gasteiger partial charge < -0.3 is 19.5 Å². The molecule has 0 spiro atoms. The van der Waals surface area contributed by atoms with Crippen LogP contribution in [0.4, 0.5) is 5.69 Å². The van der Waals surface area contributed by atoms with Gasteiger partial charge in [0.2, 0.25) is 0 Å². The highest BCUT2D eigenvalue weighted by atomic mass is 16.5. The predicted molar refractivity (Wildman–Crippen MR) is 128 cm³/mol. The van der Waals surface area contributed by atoms with Crippen LogP contribution in [0.5, 0.6) is 17.2 Å². The number of ether oxygens (including phenoxy) is 3. The molecule has 1 heterocycles. The number of allylic oxidation sites excluding steroid dienone is 2. The van der Waals surface area contributed by atoms with E-state index in [2.05, 4.69) is 11.4 Å². The van der Waals surface area contributed by atoms with E-state index in [9.17, 15) is 4.79 Å². The second kappa shape index (κ2) is 9.02. The maximum Gasteiger partial charge on any atom is 0.162 e. The average molecular weight is 442 g/mol. The largest absolute Gasteiger partial charge is 0.493 e. The monoisotopic (exact) mass is 441 g/mol. The number of carbonyl (C=O) groups excluding carboxylic acids is 1. The van der Waals surface area contributed by atoms with Gasteiger partial charge in [0.05, 0.1) is 14.2 Å². The zero-order valence-corrected chi connectivity index (χ0v) is 18.9. The molecule has 3 aromatic carbocycles. The summed E-state index contributed by atoms with van der Waals surface area (Å²) in [5.41, 5.74) is 5.94. The van der Waals surface area contributed by atoms with Crippen LogP contribution >= 0.6 is 0 Å². The van der Waals surface area contributed by atoms with Crippen LogP contribution in [0, 0.1) is 0 Å². The minimum absolute atomic E-state index is 0.191. The zero-order valence-electron chi connectivity index (χ0n) is 18.9. The van der Waals surface area contributed by atoms with Gasteiger partial charge in [0.1, 0.15) is 12.4 Å². The molecule has 1 aliphatic heterocycles. The van der Waals surface area contributed by atoms with E-state index in [4.69, 9.17) is 14.2 Å². The molecule has 1 unspecified atom stereocenters. The van der Waals surface area contributed by atoms with E-state index >= 15 is 0 Å². The van der Waals surface area contributed by atoms with E-state index in [1.807, 2.05) is 60.7 Å². The van der Waals surface area contributed by atoms with E-state index < -0.39 is 0 Å². The highest BCUT2D eigenvalue weighted by Crippen LogP contribution is 2.48. The first kappa shape index (κ1) is 21.1. The number of anilines is 1. The molecule has 168 valence electrons. The van der Waals surface area contributed by atoms with Crippen LogP contribution in [0.3, 0.4) is 0 Å². The molecule has 0 bridgehead atoms. The van der Waals surface area contributed by atoms with E-state index in [-0.39, 0.29) is 11.7 Å². The molecule has 33 heavy (non-hydrogen) atoms.